The smallest absolute Gasteiger partial charge is 0.291 e. The molecule has 0 atom stereocenters. The van der Waals surface area contributed by atoms with Crippen LogP contribution >= 0.6 is 11.6 Å². The molecule has 0 spiro atoms. The second-order valence-electron chi connectivity index (χ2n) is 10.4. The highest BCUT2D eigenvalue weighted by molar-refractivity contribution is 6.36. The number of carbonyl (C=O) groups is 1. The number of amides is 1. The zero-order valence-corrected chi connectivity index (χ0v) is 24.3. The van der Waals surface area contributed by atoms with Crippen LogP contribution in [0.25, 0.3) is 33.7 Å². The third kappa shape index (κ3) is 4.73. The van der Waals surface area contributed by atoms with Gasteiger partial charge in [-0.15, -0.1) is 0 Å². The van der Waals surface area contributed by atoms with Crippen molar-refractivity contribution in [1.29, 1.82) is 5.26 Å². The van der Waals surface area contributed by atoms with Crippen LogP contribution in [0.4, 0.5) is 5.69 Å². The first-order valence-electron chi connectivity index (χ1n) is 13.7. The molecule has 5 aromatic rings. The van der Waals surface area contributed by atoms with Crippen molar-refractivity contribution < 1.29 is 14.3 Å². The van der Waals surface area contributed by atoms with E-state index >= 15 is 0 Å². The van der Waals surface area contributed by atoms with Crippen LogP contribution in [0.15, 0.2) is 52.9 Å². The number of aliphatic hydroxyl groups excluding tert-OH is 1. The van der Waals surface area contributed by atoms with Crippen LogP contribution in [0.1, 0.15) is 45.6 Å². The number of hydrogen-bond acceptors (Lipinski definition) is 7. The number of benzene rings is 3. The molecule has 0 fully saturated rings. The fourth-order valence-corrected chi connectivity index (χ4v) is 5.88. The van der Waals surface area contributed by atoms with E-state index in [1.807, 2.05) is 48.9 Å². The van der Waals surface area contributed by atoms with Gasteiger partial charge in [-0.25, -0.2) is 9.97 Å². The lowest BCUT2D eigenvalue weighted by Gasteiger charge is -2.24. The van der Waals surface area contributed by atoms with E-state index in [0.717, 1.165) is 59.7 Å². The molecular formula is C32H29ClN6O3. The quantitative estimate of drug-likeness (QED) is 0.258. The number of aliphatic hydroxyl groups is 1. The Labute approximate surface area is 248 Å². The molecule has 0 bridgehead atoms. The highest BCUT2D eigenvalue weighted by atomic mass is 35.5. The Bertz CT molecular complexity index is 1900. The SMILES string of the molecule is CCN1CCc2c(nc(C(=O)Nc3cccc(-c4cccc(-c5nc6cc(CO)cc(C#N)c6o5)c4C)c3Cl)n2C)C1. The molecule has 0 aliphatic carbocycles. The summed E-state index contributed by atoms with van der Waals surface area (Å²) >= 11 is 6.91. The molecule has 1 aliphatic rings. The fourth-order valence-electron chi connectivity index (χ4n) is 5.61. The summed E-state index contributed by atoms with van der Waals surface area (Å²) < 4.78 is 7.92. The van der Waals surface area contributed by atoms with Gasteiger partial charge in [0.2, 0.25) is 5.89 Å². The summed E-state index contributed by atoms with van der Waals surface area (Å²) in [6, 6.07) is 16.7. The van der Waals surface area contributed by atoms with Gasteiger partial charge in [0.1, 0.15) is 11.6 Å². The Morgan fingerprint density at radius 2 is 1.93 bits per heavy atom. The van der Waals surface area contributed by atoms with Crippen molar-refractivity contribution in [3.8, 4) is 28.7 Å². The number of halogens is 1. The molecule has 1 amide bonds. The van der Waals surface area contributed by atoms with Crippen molar-refractivity contribution in [3.05, 3.63) is 87.5 Å². The number of likely N-dealkylation sites (N-methyl/N-ethyl adjacent to an activating group) is 1. The maximum Gasteiger partial charge on any atom is 0.291 e. The summed E-state index contributed by atoms with van der Waals surface area (Å²) in [5.41, 5.74) is 7.48. The minimum absolute atomic E-state index is 0.202. The van der Waals surface area contributed by atoms with Gasteiger partial charge in [-0.05, 0) is 54.4 Å². The van der Waals surface area contributed by atoms with Crippen molar-refractivity contribution in [3.63, 3.8) is 0 Å². The zero-order chi connectivity index (χ0) is 29.5. The van der Waals surface area contributed by atoms with Crippen molar-refractivity contribution >= 4 is 34.3 Å². The van der Waals surface area contributed by atoms with Gasteiger partial charge in [-0.2, -0.15) is 5.26 Å². The molecule has 2 aromatic heterocycles. The monoisotopic (exact) mass is 580 g/mol. The first kappa shape index (κ1) is 27.7. The molecule has 212 valence electrons. The summed E-state index contributed by atoms with van der Waals surface area (Å²) in [4.78, 5) is 25.0. The van der Waals surface area contributed by atoms with Gasteiger partial charge < -0.3 is 19.4 Å². The van der Waals surface area contributed by atoms with E-state index < -0.39 is 0 Å². The second-order valence-corrected chi connectivity index (χ2v) is 10.8. The lowest BCUT2D eigenvalue weighted by molar-refractivity contribution is 0.101. The van der Waals surface area contributed by atoms with E-state index in [1.165, 1.54) is 0 Å². The number of fused-ring (bicyclic) bond motifs is 2. The average Bonchev–Trinajstić information content (AvgIpc) is 3.58. The molecule has 2 N–H and O–H groups in total. The number of nitrogens with one attached hydrogen (secondary N) is 1. The number of hydrogen-bond donors (Lipinski definition) is 2. The Kier molecular flexibility index (Phi) is 7.29. The highest BCUT2D eigenvalue weighted by Crippen LogP contribution is 2.39. The lowest BCUT2D eigenvalue weighted by atomic mass is 9.96. The van der Waals surface area contributed by atoms with Crippen molar-refractivity contribution in [2.75, 3.05) is 18.4 Å². The Hall–Kier alpha value is -4.49. The van der Waals surface area contributed by atoms with Crippen LogP contribution in [0.2, 0.25) is 5.02 Å². The Balaban J connectivity index is 1.33. The van der Waals surface area contributed by atoms with Crippen LogP contribution < -0.4 is 5.32 Å². The van der Waals surface area contributed by atoms with Gasteiger partial charge in [0.15, 0.2) is 11.4 Å². The summed E-state index contributed by atoms with van der Waals surface area (Å²) in [5, 5.41) is 22.5. The number of imidazole rings is 1. The summed E-state index contributed by atoms with van der Waals surface area (Å²) in [6.45, 7) is 6.50. The van der Waals surface area contributed by atoms with Crippen molar-refractivity contribution in [1.82, 2.24) is 19.4 Å². The summed E-state index contributed by atoms with van der Waals surface area (Å²) in [6.07, 6.45) is 0.853. The van der Waals surface area contributed by atoms with Gasteiger partial charge in [-0.3, -0.25) is 9.69 Å². The van der Waals surface area contributed by atoms with Crippen molar-refractivity contribution in [2.45, 2.75) is 33.4 Å². The Morgan fingerprint density at radius 1 is 1.17 bits per heavy atom. The topological polar surface area (TPSA) is 120 Å². The van der Waals surface area contributed by atoms with Crippen molar-refractivity contribution in [2.24, 2.45) is 7.05 Å². The number of nitrogens with zero attached hydrogens (tertiary/aromatic N) is 5. The van der Waals surface area contributed by atoms with Gasteiger partial charge in [0.05, 0.1) is 28.6 Å². The third-order valence-corrected chi connectivity index (χ3v) is 8.35. The number of anilines is 1. The predicted molar refractivity (Wildman–Crippen MR) is 161 cm³/mol. The molecule has 3 heterocycles. The first-order chi connectivity index (χ1) is 20.3. The van der Waals surface area contributed by atoms with Gasteiger partial charge >= 0.3 is 0 Å². The molecule has 9 nitrogen and oxygen atoms in total. The van der Waals surface area contributed by atoms with Gasteiger partial charge in [0.25, 0.3) is 5.91 Å². The predicted octanol–water partition coefficient (Wildman–Crippen LogP) is 5.85. The van der Waals surface area contributed by atoms with Gasteiger partial charge in [-0.1, -0.05) is 42.8 Å². The molecule has 10 heteroatoms. The number of oxazole rings is 1. The minimum Gasteiger partial charge on any atom is -0.435 e. The standard InChI is InChI=1S/C32H29ClN6O3/c1-4-39-12-11-27-26(16-39)35-30(38(27)3)31(41)36-24-10-6-9-23(28(24)33)21-7-5-8-22(18(21)2)32-37-25-14-19(17-40)13-20(15-34)29(25)42-32/h5-10,13-14,40H,4,11-12,16-17H2,1-3H3,(H,36,41). The van der Waals surface area contributed by atoms with Crippen LogP contribution in [0, 0.1) is 18.3 Å². The first-order valence-corrected chi connectivity index (χ1v) is 14.1. The summed E-state index contributed by atoms with van der Waals surface area (Å²) in [5.74, 6) is 0.396. The lowest BCUT2D eigenvalue weighted by Crippen LogP contribution is -2.30. The molecule has 0 radical (unpaired) electrons. The van der Waals surface area contributed by atoms with Crippen LogP contribution in [-0.4, -0.2) is 43.5 Å². The molecule has 0 unspecified atom stereocenters. The van der Waals surface area contributed by atoms with Gasteiger partial charge in [0, 0.05) is 43.4 Å². The fraction of sp³-hybridized carbons (Fsp3) is 0.250. The average molecular weight is 581 g/mol. The minimum atomic E-state index is -0.318. The van der Waals surface area contributed by atoms with E-state index in [-0.39, 0.29) is 12.5 Å². The normalized spacial score (nSPS) is 13.2. The number of aromatic nitrogens is 3. The molecule has 1 aliphatic heterocycles. The van der Waals surface area contributed by atoms with E-state index in [2.05, 4.69) is 33.2 Å². The number of rotatable bonds is 6. The second kappa shape index (κ2) is 11.1. The van der Waals surface area contributed by atoms with E-state index in [4.69, 9.17) is 16.0 Å². The molecule has 0 saturated heterocycles. The number of carbonyl (C=O) groups excluding carboxylic acids is 1. The molecule has 42 heavy (non-hydrogen) atoms. The molecule has 0 saturated carbocycles. The van der Waals surface area contributed by atoms with Crippen LogP contribution in [0.5, 0.6) is 0 Å². The summed E-state index contributed by atoms with van der Waals surface area (Å²) in [7, 11) is 1.88. The largest absolute Gasteiger partial charge is 0.435 e. The highest BCUT2D eigenvalue weighted by Gasteiger charge is 2.25. The molecule has 3 aromatic carbocycles. The number of nitriles is 1. The molecule has 6 rings (SSSR count). The Morgan fingerprint density at radius 3 is 2.69 bits per heavy atom. The zero-order valence-electron chi connectivity index (χ0n) is 23.5. The van der Waals surface area contributed by atoms with E-state index in [1.54, 1.807) is 18.2 Å². The van der Waals surface area contributed by atoms with E-state index in [0.29, 0.717) is 44.7 Å². The van der Waals surface area contributed by atoms with Crippen LogP contribution in [-0.2, 0) is 26.6 Å². The maximum atomic E-state index is 13.4. The van der Waals surface area contributed by atoms with E-state index in [9.17, 15) is 15.2 Å². The van der Waals surface area contributed by atoms with Crippen LogP contribution in [0.3, 0.4) is 0 Å². The molecular weight excluding hydrogens is 552 g/mol. The third-order valence-electron chi connectivity index (χ3n) is 7.94. The maximum absolute atomic E-state index is 13.4.